The molecule has 1 aromatic carbocycles. The molecule has 0 spiro atoms. The number of aryl methyl sites for hydroxylation is 2. The van der Waals surface area contributed by atoms with Gasteiger partial charge in [-0.2, -0.15) is 5.10 Å². The fourth-order valence-electron chi connectivity index (χ4n) is 3.66. The average molecular weight is 468 g/mol. The van der Waals surface area contributed by atoms with Crippen LogP contribution in [0.5, 0.6) is 5.75 Å². The Morgan fingerprint density at radius 3 is 2.82 bits per heavy atom. The number of ether oxygens (including phenoxy) is 1. The monoisotopic (exact) mass is 468 g/mol. The first-order valence-corrected chi connectivity index (χ1v) is 10.3. The third kappa shape index (κ3) is 4.27. The molecule has 4 aromatic rings. The van der Waals surface area contributed by atoms with Gasteiger partial charge in [0.1, 0.15) is 17.7 Å². The van der Waals surface area contributed by atoms with Crippen LogP contribution in [0.1, 0.15) is 34.4 Å². The summed E-state index contributed by atoms with van der Waals surface area (Å²) in [5, 5.41) is 18.4. The molecule has 176 valence electrons. The number of aliphatic hydroxyl groups is 1. The Morgan fingerprint density at radius 1 is 1.35 bits per heavy atom. The quantitative estimate of drug-likeness (QED) is 0.398. The van der Waals surface area contributed by atoms with Crippen molar-refractivity contribution in [2.45, 2.75) is 19.4 Å². The molecule has 34 heavy (non-hydrogen) atoms. The van der Waals surface area contributed by atoms with Gasteiger partial charge in [0.2, 0.25) is 5.91 Å². The summed E-state index contributed by atoms with van der Waals surface area (Å²) in [5.41, 5.74) is 1.62. The number of aromatic nitrogens is 3. The summed E-state index contributed by atoms with van der Waals surface area (Å²) in [5.74, 6) is -2.46. The summed E-state index contributed by atoms with van der Waals surface area (Å²) in [4.78, 5) is 16.0. The molecular weight excluding hydrogens is 446 g/mol. The molecule has 0 aliphatic carbocycles. The topological polar surface area (TPSA) is 102 Å². The second kappa shape index (κ2) is 9.06. The molecule has 3 aromatic heterocycles. The van der Waals surface area contributed by atoms with Crippen molar-refractivity contribution in [3.63, 3.8) is 0 Å². The maximum atomic E-state index is 14.7. The van der Waals surface area contributed by atoms with E-state index in [9.17, 15) is 18.7 Å². The predicted molar refractivity (Wildman–Crippen MR) is 121 cm³/mol. The number of hydrogen-bond donors (Lipinski definition) is 2. The number of carbonyl (C=O) groups excluding carboxylic acids is 1. The Hall–Kier alpha value is -4.05. The van der Waals surface area contributed by atoms with Crippen LogP contribution in [0, 0.1) is 18.6 Å². The molecule has 8 nitrogen and oxygen atoms in total. The summed E-state index contributed by atoms with van der Waals surface area (Å²) in [7, 11) is 2.99. The lowest BCUT2D eigenvalue weighted by Crippen LogP contribution is -2.08. The molecule has 1 atom stereocenters. The van der Waals surface area contributed by atoms with Crippen LogP contribution >= 0.6 is 0 Å². The molecule has 0 saturated carbocycles. The minimum atomic E-state index is -1.69. The molecule has 1 amide bonds. The number of anilines is 1. The Morgan fingerprint density at radius 2 is 2.12 bits per heavy atom. The number of aliphatic hydroxyl groups excluding tert-OH is 1. The van der Waals surface area contributed by atoms with Crippen LogP contribution in [-0.4, -0.2) is 32.9 Å². The molecule has 10 heteroatoms. The smallest absolute Gasteiger partial charge is 0.247 e. The van der Waals surface area contributed by atoms with Crippen molar-refractivity contribution in [3.8, 4) is 5.75 Å². The predicted octanol–water partition coefficient (Wildman–Crippen LogP) is 3.95. The van der Waals surface area contributed by atoms with Gasteiger partial charge in [0, 0.05) is 30.7 Å². The number of pyridine rings is 1. The molecule has 0 bridgehead atoms. The molecule has 0 aliphatic rings. The van der Waals surface area contributed by atoms with E-state index in [1.165, 1.54) is 32.4 Å². The van der Waals surface area contributed by atoms with E-state index in [0.717, 1.165) is 6.08 Å². The standard InChI is InChI=1S/C24H22F2N4O4/c1-5-20(31)28-16-11-30(3)29-15(16)9-14-7-13-8-18(34-19(13)10-27-14)24(32)21-22(25)12(2)6-17(33-4)23(21)26/h5-8,10-11,24,32H,1,9H2,2-4H3,(H,28,31). The third-order valence-electron chi connectivity index (χ3n) is 5.32. The number of methoxy groups -OCH3 is 1. The normalized spacial score (nSPS) is 12.1. The summed E-state index contributed by atoms with van der Waals surface area (Å²) in [6.45, 7) is 4.89. The second-order valence-electron chi connectivity index (χ2n) is 7.74. The minimum Gasteiger partial charge on any atom is -0.494 e. The highest BCUT2D eigenvalue weighted by Gasteiger charge is 2.27. The molecular formula is C24H22F2N4O4. The number of benzene rings is 1. The average Bonchev–Trinajstić information content (AvgIpc) is 3.38. The zero-order valence-corrected chi connectivity index (χ0v) is 18.7. The van der Waals surface area contributed by atoms with Gasteiger partial charge < -0.3 is 19.6 Å². The van der Waals surface area contributed by atoms with Crippen molar-refractivity contribution in [1.29, 1.82) is 0 Å². The highest BCUT2D eigenvalue weighted by Crippen LogP contribution is 2.35. The first kappa shape index (κ1) is 23.1. The molecule has 1 unspecified atom stereocenters. The van der Waals surface area contributed by atoms with E-state index in [1.54, 1.807) is 24.0 Å². The van der Waals surface area contributed by atoms with Gasteiger partial charge in [-0.3, -0.25) is 14.5 Å². The third-order valence-corrected chi connectivity index (χ3v) is 5.32. The molecule has 4 rings (SSSR count). The number of hydrogen-bond acceptors (Lipinski definition) is 6. The van der Waals surface area contributed by atoms with Crippen LogP contribution in [0.3, 0.4) is 0 Å². The van der Waals surface area contributed by atoms with Crippen molar-refractivity contribution >= 4 is 22.6 Å². The molecule has 0 aliphatic heterocycles. The fraction of sp³-hybridized carbons (Fsp3) is 0.208. The van der Waals surface area contributed by atoms with E-state index in [1.807, 2.05) is 0 Å². The van der Waals surface area contributed by atoms with Gasteiger partial charge in [0.05, 0.1) is 30.3 Å². The molecule has 3 heterocycles. The van der Waals surface area contributed by atoms with Crippen LogP contribution in [0.25, 0.3) is 11.0 Å². The van der Waals surface area contributed by atoms with Crippen LogP contribution in [-0.2, 0) is 18.3 Å². The summed E-state index contributed by atoms with van der Waals surface area (Å²) in [6, 6.07) is 4.43. The number of carbonyl (C=O) groups is 1. The lowest BCUT2D eigenvalue weighted by molar-refractivity contribution is -0.111. The van der Waals surface area contributed by atoms with Crippen molar-refractivity contribution in [2.24, 2.45) is 7.05 Å². The van der Waals surface area contributed by atoms with Crippen LogP contribution in [0.15, 0.2) is 47.7 Å². The fourth-order valence-corrected chi connectivity index (χ4v) is 3.66. The Bertz CT molecular complexity index is 1410. The Balaban J connectivity index is 1.66. The maximum Gasteiger partial charge on any atom is 0.247 e. The molecule has 0 fully saturated rings. The lowest BCUT2D eigenvalue weighted by Gasteiger charge is -2.14. The lowest BCUT2D eigenvalue weighted by atomic mass is 10.0. The number of furan rings is 1. The maximum absolute atomic E-state index is 14.7. The van der Waals surface area contributed by atoms with Crippen molar-refractivity contribution in [3.05, 3.63) is 83.2 Å². The van der Waals surface area contributed by atoms with E-state index in [2.05, 4.69) is 22.0 Å². The van der Waals surface area contributed by atoms with Gasteiger partial charge in [0.25, 0.3) is 0 Å². The zero-order chi connectivity index (χ0) is 24.6. The van der Waals surface area contributed by atoms with E-state index < -0.39 is 23.3 Å². The molecule has 0 radical (unpaired) electrons. The number of nitrogens with one attached hydrogen (secondary N) is 1. The van der Waals surface area contributed by atoms with E-state index in [4.69, 9.17) is 9.15 Å². The van der Waals surface area contributed by atoms with E-state index in [0.29, 0.717) is 34.5 Å². The van der Waals surface area contributed by atoms with Gasteiger partial charge in [-0.05, 0) is 36.8 Å². The molecule has 2 N–H and O–H groups in total. The minimum absolute atomic E-state index is 0.0452. The van der Waals surface area contributed by atoms with Crippen molar-refractivity contribution in [1.82, 2.24) is 14.8 Å². The highest BCUT2D eigenvalue weighted by atomic mass is 19.1. The number of amides is 1. The largest absolute Gasteiger partial charge is 0.494 e. The van der Waals surface area contributed by atoms with Gasteiger partial charge in [-0.1, -0.05) is 6.58 Å². The zero-order valence-electron chi connectivity index (χ0n) is 18.7. The Labute approximate surface area is 193 Å². The first-order valence-electron chi connectivity index (χ1n) is 10.3. The van der Waals surface area contributed by atoms with Crippen molar-refractivity contribution < 1.29 is 27.8 Å². The van der Waals surface area contributed by atoms with Crippen molar-refractivity contribution in [2.75, 3.05) is 12.4 Å². The summed E-state index contributed by atoms with van der Waals surface area (Å²) in [6.07, 6.45) is 2.89. The van der Waals surface area contributed by atoms with Crippen LogP contribution in [0.4, 0.5) is 14.5 Å². The Kier molecular flexibility index (Phi) is 6.16. The van der Waals surface area contributed by atoms with Crippen LogP contribution < -0.4 is 10.1 Å². The number of fused-ring (bicyclic) bond motifs is 1. The highest BCUT2D eigenvalue weighted by molar-refractivity contribution is 5.99. The van der Waals surface area contributed by atoms with Gasteiger partial charge in [-0.15, -0.1) is 0 Å². The van der Waals surface area contributed by atoms with E-state index in [-0.39, 0.29) is 23.0 Å². The number of rotatable bonds is 7. The van der Waals surface area contributed by atoms with Crippen LogP contribution in [0.2, 0.25) is 0 Å². The molecule has 0 saturated heterocycles. The number of halogens is 2. The van der Waals surface area contributed by atoms with Gasteiger partial charge >= 0.3 is 0 Å². The van der Waals surface area contributed by atoms with Gasteiger partial charge in [0.15, 0.2) is 17.1 Å². The van der Waals surface area contributed by atoms with E-state index >= 15 is 0 Å². The summed E-state index contributed by atoms with van der Waals surface area (Å²) >= 11 is 0. The SMILES string of the molecule is C=CC(=O)Nc1cn(C)nc1Cc1cc2cc(C(O)c3c(F)c(C)cc(OC)c3F)oc2cn1. The summed E-state index contributed by atoms with van der Waals surface area (Å²) < 4.78 is 41.6. The first-order chi connectivity index (χ1) is 16.2. The number of nitrogens with zero attached hydrogens (tertiary/aromatic N) is 3. The van der Waals surface area contributed by atoms with Gasteiger partial charge in [-0.25, -0.2) is 8.78 Å². The second-order valence-corrected chi connectivity index (χ2v) is 7.74.